The molecule has 8 aliphatic rings. The first-order valence-corrected chi connectivity index (χ1v) is 16.2. The standard InChI is InChI=1S/C35H41F2NO5/c1-31-10-7-22(39)17-33(31)13-14-35(24(18-33)29(40)21-5-6-25(36)26(37)16-21)27(31)8-11-32(2)28(35)9-12-34(32)20-38(30(41)43-34)19-23-4-3-15-42-23/h5-6,13-14,16,18,22-23,27-28,39H,3-4,7-12,15,17,19-20H2,1-2H3. The molecule has 3 spiro atoms. The zero-order valence-corrected chi connectivity index (χ0v) is 25.0. The summed E-state index contributed by atoms with van der Waals surface area (Å²) in [7, 11) is 0. The van der Waals surface area contributed by atoms with Crippen LogP contribution in [0.25, 0.3) is 0 Å². The monoisotopic (exact) mass is 593 g/mol. The van der Waals surface area contributed by atoms with Crippen LogP contribution >= 0.6 is 0 Å². The highest BCUT2D eigenvalue weighted by Gasteiger charge is 2.76. The molecule has 230 valence electrons. The molecular weight excluding hydrogens is 552 g/mol. The van der Waals surface area contributed by atoms with Crippen LogP contribution in [0.4, 0.5) is 13.6 Å². The van der Waals surface area contributed by atoms with Crippen molar-refractivity contribution >= 4 is 11.9 Å². The molecule has 1 aromatic rings. The number of halogens is 2. The van der Waals surface area contributed by atoms with E-state index in [0.717, 1.165) is 70.1 Å². The normalized spacial score (nSPS) is 46.0. The van der Waals surface area contributed by atoms with Gasteiger partial charge in [-0.1, -0.05) is 32.1 Å². The molecule has 1 aromatic carbocycles. The number of ketones is 1. The Balaban J connectivity index is 1.23. The molecule has 2 saturated heterocycles. The van der Waals surface area contributed by atoms with Crippen LogP contribution in [-0.2, 0) is 9.47 Å². The predicted octanol–water partition coefficient (Wildman–Crippen LogP) is 6.38. The molecule has 3 saturated carbocycles. The smallest absolute Gasteiger partial charge is 0.410 e. The van der Waals surface area contributed by atoms with E-state index in [9.17, 15) is 23.5 Å². The zero-order valence-electron chi connectivity index (χ0n) is 25.0. The van der Waals surface area contributed by atoms with Gasteiger partial charge in [-0.25, -0.2) is 13.6 Å². The second kappa shape index (κ2) is 9.00. The van der Waals surface area contributed by atoms with Gasteiger partial charge in [0.1, 0.15) is 5.60 Å². The summed E-state index contributed by atoms with van der Waals surface area (Å²) in [5, 5.41) is 10.9. The summed E-state index contributed by atoms with van der Waals surface area (Å²) >= 11 is 0. The van der Waals surface area contributed by atoms with Crippen LogP contribution in [0.3, 0.4) is 0 Å². The highest BCUT2D eigenvalue weighted by molar-refractivity contribution is 6.10. The first kappa shape index (κ1) is 27.9. The molecule has 2 bridgehead atoms. The molecule has 9 unspecified atom stereocenters. The van der Waals surface area contributed by atoms with Crippen molar-refractivity contribution in [1.29, 1.82) is 0 Å². The number of amides is 1. The summed E-state index contributed by atoms with van der Waals surface area (Å²) in [5.74, 6) is -2.13. The van der Waals surface area contributed by atoms with Gasteiger partial charge in [0.25, 0.3) is 0 Å². The van der Waals surface area contributed by atoms with Crippen LogP contribution < -0.4 is 0 Å². The molecule has 2 aliphatic heterocycles. The minimum atomic E-state index is -1.04. The van der Waals surface area contributed by atoms with E-state index in [1.807, 2.05) is 4.90 Å². The minimum Gasteiger partial charge on any atom is -0.440 e. The summed E-state index contributed by atoms with van der Waals surface area (Å²) < 4.78 is 40.6. The van der Waals surface area contributed by atoms with Gasteiger partial charge >= 0.3 is 6.09 Å². The lowest BCUT2D eigenvalue weighted by atomic mass is 9.32. The van der Waals surface area contributed by atoms with E-state index in [1.165, 1.54) is 6.07 Å². The number of ether oxygens (including phenoxy) is 2. The summed E-state index contributed by atoms with van der Waals surface area (Å²) in [4.78, 5) is 29.7. The number of aliphatic hydroxyl groups is 1. The number of allylic oxidation sites excluding steroid dienone is 4. The second-order valence-electron chi connectivity index (χ2n) is 15.1. The van der Waals surface area contributed by atoms with Crippen LogP contribution in [0.15, 0.2) is 42.0 Å². The number of nitrogens with zero attached hydrogens (tertiary/aromatic N) is 1. The number of benzene rings is 1. The highest BCUT2D eigenvalue weighted by Crippen LogP contribution is 2.79. The van der Waals surface area contributed by atoms with Gasteiger partial charge in [-0.15, -0.1) is 0 Å². The lowest BCUT2D eigenvalue weighted by Crippen LogP contribution is -2.67. The lowest BCUT2D eigenvalue weighted by Gasteiger charge is -2.71. The molecule has 1 N–H and O–H groups in total. The predicted molar refractivity (Wildman–Crippen MR) is 154 cm³/mol. The maximum absolute atomic E-state index is 14.5. The number of hydrogen-bond donors (Lipinski definition) is 1. The topological polar surface area (TPSA) is 76.1 Å². The molecule has 9 rings (SSSR count). The van der Waals surface area contributed by atoms with Gasteiger partial charge in [-0.2, -0.15) is 0 Å². The van der Waals surface area contributed by atoms with E-state index in [4.69, 9.17) is 9.47 Å². The minimum absolute atomic E-state index is 0.0213. The van der Waals surface area contributed by atoms with Crippen molar-refractivity contribution in [3.8, 4) is 0 Å². The van der Waals surface area contributed by atoms with Crippen LogP contribution in [-0.4, -0.2) is 59.4 Å². The first-order chi connectivity index (χ1) is 20.5. The van der Waals surface area contributed by atoms with E-state index in [0.29, 0.717) is 25.1 Å². The largest absolute Gasteiger partial charge is 0.440 e. The fourth-order valence-electron chi connectivity index (χ4n) is 11.4. The third kappa shape index (κ3) is 3.45. The van der Waals surface area contributed by atoms with Crippen molar-refractivity contribution in [2.24, 2.45) is 33.5 Å². The summed E-state index contributed by atoms with van der Waals surface area (Å²) in [6, 6.07) is 3.42. The van der Waals surface area contributed by atoms with E-state index in [-0.39, 0.29) is 46.2 Å². The zero-order chi connectivity index (χ0) is 30.0. The molecule has 0 radical (unpaired) electrons. The Kier molecular flexibility index (Phi) is 5.84. The van der Waals surface area contributed by atoms with E-state index in [2.05, 4.69) is 32.1 Å². The Morgan fingerprint density at radius 3 is 2.56 bits per heavy atom. The molecule has 1 amide bonds. The van der Waals surface area contributed by atoms with Crippen LogP contribution in [0, 0.1) is 45.1 Å². The van der Waals surface area contributed by atoms with Gasteiger partial charge in [0, 0.05) is 34.0 Å². The quantitative estimate of drug-likeness (QED) is 0.324. The Labute approximate surface area is 251 Å². The number of hydrogen-bond acceptors (Lipinski definition) is 5. The van der Waals surface area contributed by atoms with Gasteiger partial charge in [0.15, 0.2) is 17.4 Å². The maximum atomic E-state index is 14.5. The van der Waals surface area contributed by atoms with Gasteiger partial charge in [-0.05, 0) is 93.2 Å². The van der Waals surface area contributed by atoms with Gasteiger partial charge in [-0.3, -0.25) is 4.79 Å². The van der Waals surface area contributed by atoms with Gasteiger partial charge in [0.05, 0.1) is 25.3 Å². The summed E-state index contributed by atoms with van der Waals surface area (Å²) in [6.45, 7) is 6.39. The summed E-state index contributed by atoms with van der Waals surface area (Å²) in [6.07, 6.45) is 13.3. The molecular formula is C35H41F2NO5. The lowest BCUT2D eigenvalue weighted by molar-refractivity contribution is -0.164. The molecule has 6 aliphatic carbocycles. The molecule has 9 atom stereocenters. The Morgan fingerprint density at radius 1 is 1.02 bits per heavy atom. The van der Waals surface area contributed by atoms with Crippen LogP contribution in [0.1, 0.15) is 82.0 Å². The average Bonchev–Trinajstić information content (AvgIpc) is 3.68. The first-order valence-electron chi connectivity index (χ1n) is 16.2. The van der Waals surface area contributed by atoms with Crippen molar-refractivity contribution in [3.05, 3.63) is 59.2 Å². The average molecular weight is 594 g/mol. The maximum Gasteiger partial charge on any atom is 0.410 e. The van der Waals surface area contributed by atoms with E-state index >= 15 is 0 Å². The third-order valence-electron chi connectivity index (χ3n) is 13.5. The van der Waals surface area contributed by atoms with Crippen LogP contribution in [0.2, 0.25) is 0 Å². The number of Topliss-reactive ketones (excluding diaryl/α,β-unsaturated/α-hetero) is 1. The molecule has 2 heterocycles. The van der Waals surface area contributed by atoms with E-state index in [1.54, 1.807) is 0 Å². The number of fused-ring (bicyclic) bond motifs is 2. The fourth-order valence-corrected chi connectivity index (χ4v) is 11.4. The molecule has 5 fully saturated rings. The Bertz CT molecular complexity index is 1470. The van der Waals surface area contributed by atoms with Crippen molar-refractivity contribution in [1.82, 2.24) is 4.90 Å². The third-order valence-corrected chi connectivity index (χ3v) is 13.5. The Hall–Kier alpha value is -2.58. The number of rotatable bonds is 4. The SMILES string of the molecule is CC12CCC(O)CC13C=CC1(C(C(=O)c4ccc(F)c(F)c4)=C3)C2CCC2(C)C1CCC21CN(CC2CCCO2)C(=O)O1. The number of carbonyl (C=O) groups excluding carboxylic acids is 2. The van der Waals surface area contributed by atoms with Crippen molar-refractivity contribution < 1.29 is 33.0 Å². The molecule has 43 heavy (non-hydrogen) atoms. The Morgan fingerprint density at radius 2 is 1.79 bits per heavy atom. The molecule has 8 heteroatoms. The highest BCUT2D eigenvalue weighted by atomic mass is 19.2. The van der Waals surface area contributed by atoms with Crippen LogP contribution in [0.5, 0.6) is 0 Å². The fraction of sp³-hybridized carbons (Fsp3) is 0.657. The van der Waals surface area contributed by atoms with Gasteiger partial charge in [0.2, 0.25) is 0 Å². The number of carbonyl (C=O) groups is 2. The van der Waals surface area contributed by atoms with E-state index < -0.39 is 34.2 Å². The van der Waals surface area contributed by atoms with Crippen molar-refractivity contribution in [3.63, 3.8) is 0 Å². The molecule has 6 nitrogen and oxygen atoms in total. The second-order valence-corrected chi connectivity index (χ2v) is 15.1. The van der Waals surface area contributed by atoms with Crippen molar-refractivity contribution in [2.45, 2.75) is 89.4 Å². The van der Waals surface area contributed by atoms with Crippen molar-refractivity contribution in [2.75, 3.05) is 19.7 Å². The van der Waals surface area contributed by atoms with Gasteiger partial charge < -0.3 is 19.5 Å². The summed E-state index contributed by atoms with van der Waals surface area (Å²) in [5.41, 5.74) is -1.53. The number of aliphatic hydroxyl groups excluding tert-OH is 1. The molecule has 0 aromatic heterocycles.